The molecule has 2 heteroatoms. The smallest absolute Gasteiger partial charge is 0.150 e. The number of aliphatic hydroxyl groups is 1. The molecule has 0 aliphatic carbocycles. The molecule has 68 valence electrons. The Balaban J connectivity index is 2.95. The zero-order chi connectivity index (χ0) is 9.68. The molecule has 0 unspecified atom stereocenters. The molecular weight excluding hydrogens is 164 g/mol. The monoisotopic (exact) mass is 176 g/mol. The summed E-state index contributed by atoms with van der Waals surface area (Å²) in [4.78, 5) is 10.5. The Morgan fingerprint density at radius 3 is 2.77 bits per heavy atom. The summed E-state index contributed by atoms with van der Waals surface area (Å²) in [6.07, 6.45) is 4.33. The first kappa shape index (κ1) is 9.68. The van der Waals surface area contributed by atoms with E-state index in [-0.39, 0.29) is 6.61 Å². The van der Waals surface area contributed by atoms with E-state index < -0.39 is 0 Å². The largest absolute Gasteiger partial charge is 0.392 e. The highest BCUT2D eigenvalue weighted by atomic mass is 16.2. The molecule has 0 aromatic heterocycles. The molecule has 0 heterocycles. The first-order valence-corrected chi connectivity index (χ1v) is 4.11. The third-order valence-corrected chi connectivity index (χ3v) is 1.84. The quantitative estimate of drug-likeness (QED) is 0.713. The van der Waals surface area contributed by atoms with Crippen molar-refractivity contribution in [3.05, 3.63) is 41.0 Å². The minimum Gasteiger partial charge on any atom is -0.392 e. The lowest BCUT2D eigenvalue weighted by atomic mass is 10.1. The summed E-state index contributed by atoms with van der Waals surface area (Å²) in [7, 11) is 0. The second-order valence-electron chi connectivity index (χ2n) is 2.82. The summed E-state index contributed by atoms with van der Waals surface area (Å²) in [5, 5.41) is 8.55. The molecule has 0 atom stereocenters. The Bertz CT molecular complexity index is 327. The summed E-state index contributed by atoms with van der Waals surface area (Å²) in [5.41, 5.74) is 2.66. The van der Waals surface area contributed by atoms with Crippen molar-refractivity contribution in [2.75, 3.05) is 6.61 Å². The van der Waals surface area contributed by atoms with Crippen LogP contribution in [0.5, 0.6) is 0 Å². The molecule has 1 aromatic rings. The first-order chi connectivity index (χ1) is 6.27. The molecule has 1 rings (SSSR count). The number of carbonyl (C=O) groups is 1. The average Bonchev–Trinajstić information content (AvgIpc) is 2.15. The van der Waals surface area contributed by atoms with Crippen molar-refractivity contribution in [2.24, 2.45) is 0 Å². The van der Waals surface area contributed by atoms with Gasteiger partial charge in [-0.05, 0) is 18.1 Å². The Kier molecular flexibility index (Phi) is 3.41. The number of aryl methyl sites for hydroxylation is 1. The Labute approximate surface area is 77.5 Å². The first-order valence-electron chi connectivity index (χ1n) is 4.11. The van der Waals surface area contributed by atoms with Crippen LogP contribution >= 0.6 is 0 Å². The number of aldehydes is 1. The second-order valence-corrected chi connectivity index (χ2v) is 2.82. The SMILES string of the molecule is Cc1cc(C=CCO)ccc1C=O. The third kappa shape index (κ3) is 2.53. The van der Waals surface area contributed by atoms with Gasteiger partial charge in [0.1, 0.15) is 6.29 Å². The van der Waals surface area contributed by atoms with Gasteiger partial charge in [0.05, 0.1) is 6.61 Å². The van der Waals surface area contributed by atoms with Crippen LogP contribution in [0.1, 0.15) is 21.5 Å². The van der Waals surface area contributed by atoms with E-state index >= 15 is 0 Å². The van der Waals surface area contributed by atoms with Crippen LogP contribution in [0.25, 0.3) is 6.08 Å². The van der Waals surface area contributed by atoms with Crippen molar-refractivity contribution in [2.45, 2.75) is 6.92 Å². The van der Waals surface area contributed by atoms with E-state index in [0.717, 1.165) is 17.4 Å². The maximum absolute atomic E-state index is 10.5. The molecule has 2 nitrogen and oxygen atoms in total. The van der Waals surface area contributed by atoms with Crippen molar-refractivity contribution in [3.8, 4) is 0 Å². The van der Waals surface area contributed by atoms with Crippen molar-refractivity contribution in [3.63, 3.8) is 0 Å². The molecule has 0 fully saturated rings. The minimum atomic E-state index is 0.0362. The van der Waals surface area contributed by atoms with Crippen LogP contribution in [0.2, 0.25) is 0 Å². The normalized spacial score (nSPS) is 10.6. The van der Waals surface area contributed by atoms with Crippen LogP contribution in [-0.2, 0) is 0 Å². The number of carbonyl (C=O) groups excluding carboxylic acids is 1. The lowest BCUT2D eigenvalue weighted by Crippen LogP contribution is -1.86. The van der Waals surface area contributed by atoms with E-state index in [1.165, 1.54) is 0 Å². The molecule has 0 radical (unpaired) electrons. The van der Waals surface area contributed by atoms with Gasteiger partial charge in [0.15, 0.2) is 0 Å². The zero-order valence-corrected chi connectivity index (χ0v) is 7.53. The molecule has 1 N–H and O–H groups in total. The van der Waals surface area contributed by atoms with E-state index in [1.54, 1.807) is 12.1 Å². The predicted molar refractivity (Wildman–Crippen MR) is 52.7 cm³/mol. The van der Waals surface area contributed by atoms with E-state index in [0.29, 0.717) is 5.56 Å². The fraction of sp³-hybridized carbons (Fsp3) is 0.182. The summed E-state index contributed by atoms with van der Waals surface area (Å²) >= 11 is 0. The summed E-state index contributed by atoms with van der Waals surface area (Å²) < 4.78 is 0. The fourth-order valence-corrected chi connectivity index (χ4v) is 1.12. The lowest BCUT2D eigenvalue weighted by Gasteiger charge is -1.99. The number of benzene rings is 1. The maximum atomic E-state index is 10.5. The maximum Gasteiger partial charge on any atom is 0.150 e. The molecule has 0 aliphatic heterocycles. The van der Waals surface area contributed by atoms with Gasteiger partial charge >= 0.3 is 0 Å². The third-order valence-electron chi connectivity index (χ3n) is 1.84. The topological polar surface area (TPSA) is 37.3 Å². The molecule has 1 aromatic carbocycles. The summed E-state index contributed by atoms with van der Waals surface area (Å²) in [5.74, 6) is 0. The molecule has 0 saturated heterocycles. The van der Waals surface area contributed by atoms with Crippen LogP contribution < -0.4 is 0 Å². The van der Waals surface area contributed by atoms with Gasteiger partial charge in [-0.2, -0.15) is 0 Å². The summed E-state index contributed by atoms with van der Waals surface area (Å²) in [6.45, 7) is 1.93. The molecule has 0 amide bonds. The van der Waals surface area contributed by atoms with Crippen LogP contribution in [0.15, 0.2) is 24.3 Å². The van der Waals surface area contributed by atoms with E-state index in [9.17, 15) is 4.79 Å². The van der Waals surface area contributed by atoms with Gasteiger partial charge in [0, 0.05) is 5.56 Å². The van der Waals surface area contributed by atoms with Gasteiger partial charge in [-0.3, -0.25) is 4.79 Å². The molecule has 0 saturated carbocycles. The Morgan fingerprint density at radius 2 is 2.23 bits per heavy atom. The molecular formula is C11H12O2. The fourth-order valence-electron chi connectivity index (χ4n) is 1.12. The zero-order valence-electron chi connectivity index (χ0n) is 7.53. The van der Waals surface area contributed by atoms with Gasteiger partial charge < -0.3 is 5.11 Å². The average molecular weight is 176 g/mol. The Hall–Kier alpha value is -1.41. The van der Waals surface area contributed by atoms with Crippen LogP contribution in [0, 0.1) is 6.92 Å². The van der Waals surface area contributed by atoms with Crippen LogP contribution in [0.3, 0.4) is 0 Å². The highest BCUT2D eigenvalue weighted by Crippen LogP contribution is 2.10. The number of hydrogen-bond donors (Lipinski definition) is 1. The highest BCUT2D eigenvalue weighted by molar-refractivity contribution is 5.77. The van der Waals surface area contributed by atoms with Gasteiger partial charge in [-0.1, -0.05) is 30.4 Å². The molecule has 13 heavy (non-hydrogen) atoms. The molecule has 0 bridgehead atoms. The van der Waals surface area contributed by atoms with Crippen molar-refractivity contribution in [1.29, 1.82) is 0 Å². The van der Waals surface area contributed by atoms with E-state index in [2.05, 4.69) is 0 Å². The van der Waals surface area contributed by atoms with E-state index in [4.69, 9.17) is 5.11 Å². The Morgan fingerprint density at radius 1 is 1.46 bits per heavy atom. The van der Waals surface area contributed by atoms with Crippen LogP contribution in [-0.4, -0.2) is 18.0 Å². The molecule has 0 aliphatic rings. The molecule has 0 spiro atoms. The van der Waals surface area contributed by atoms with Crippen molar-refractivity contribution < 1.29 is 9.90 Å². The van der Waals surface area contributed by atoms with Gasteiger partial charge in [-0.25, -0.2) is 0 Å². The predicted octanol–water partition coefficient (Wildman–Crippen LogP) is 1.81. The van der Waals surface area contributed by atoms with E-state index in [1.807, 2.05) is 25.1 Å². The number of rotatable bonds is 3. The number of hydrogen-bond acceptors (Lipinski definition) is 2. The summed E-state index contributed by atoms with van der Waals surface area (Å²) in [6, 6.07) is 5.54. The van der Waals surface area contributed by atoms with Gasteiger partial charge in [0.2, 0.25) is 0 Å². The number of aliphatic hydroxyl groups excluding tert-OH is 1. The highest BCUT2D eigenvalue weighted by Gasteiger charge is 1.95. The van der Waals surface area contributed by atoms with Crippen molar-refractivity contribution in [1.82, 2.24) is 0 Å². The van der Waals surface area contributed by atoms with Gasteiger partial charge in [0.25, 0.3) is 0 Å². The standard InChI is InChI=1S/C11H12O2/c1-9-7-10(3-2-6-12)4-5-11(9)8-13/h2-5,7-8,12H,6H2,1H3. The minimum absolute atomic E-state index is 0.0362. The van der Waals surface area contributed by atoms with Gasteiger partial charge in [-0.15, -0.1) is 0 Å². The second kappa shape index (κ2) is 4.58. The lowest BCUT2D eigenvalue weighted by molar-refractivity contribution is 0.112. The van der Waals surface area contributed by atoms with Crippen molar-refractivity contribution >= 4 is 12.4 Å². The van der Waals surface area contributed by atoms with Crippen LogP contribution in [0.4, 0.5) is 0 Å².